The van der Waals surface area contributed by atoms with Crippen LogP contribution in [0.4, 0.5) is 10.5 Å². The van der Waals surface area contributed by atoms with Crippen molar-refractivity contribution >= 4 is 17.7 Å². The molecule has 0 bridgehead atoms. The molecule has 0 saturated heterocycles. The molecule has 0 atom stereocenters. The highest BCUT2D eigenvalue weighted by Gasteiger charge is 2.08. The highest BCUT2D eigenvalue weighted by atomic mass is 16.5. The molecule has 0 spiro atoms. The smallest absolute Gasteiger partial charge is 0.411 e. The average Bonchev–Trinajstić information content (AvgIpc) is 2.20. The van der Waals surface area contributed by atoms with Crippen LogP contribution in [-0.2, 0) is 9.53 Å². The topological polar surface area (TPSA) is 64.6 Å². The van der Waals surface area contributed by atoms with Crippen molar-refractivity contribution in [2.75, 3.05) is 12.4 Å². The number of carbonyl (C=O) groups is 2. The van der Waals surface area contributed by atoms with E-state index in [0.717, 1.165) is 0 Å². The quantitative estimate of drug-likeness (QED) is 0.595. The Morgan fingerprint density at radius 1 is 1.27 bits per heavy atom. The minimum absolute atomic E-state index is 0.287. The van der Waals surface area contributed by atoms with Crippen molar-refractivity contribution in [2.24, 2.45) is 0 Å². The van der Waals surface area contributed by atoms with Gasteiger partial charge in [-0.1, -0.05) is 12.1 Å². The van der Waals surface area contributed by atoms with Gasteiger partial charge in [0.15, 0.2) is 5.75 Å². The number of benzene rings is 1. The first-order valence-corrected chi connectivity index (χ1v) is 4.26. The van der Waals surface area contributed by atoms with E-state index in [4.69, 9.17) is 4.74 Å². The van der Waals surface area contributed by atoms with Crippen molar-refractivity contribution in [1.29, 1.82) is 0 Å². The van der Waals surface area contributed by atoms with Gasteiger partial charge in [-0.3, -0.25) is 10.1 Å². The fourth-order valence-electron chi connectivity index (χ4n) is 0.975. The summed E-state index contributed by atoms with van der Waals surface area (Å²) in [5.74, 6) is -0.162. The summed E-state index contributed by atoms with van der Waals surface area (Å²) < 4.78 is 9.31. The summed E-state index contributed by atoms with van der Waals surface area (Å²) in [6.45, 7) is 1.29. The molecule has 0 saturated carbocycles. The second-order valence-corrected chi connectivity index (χ2v) is 2.71. The van der Waals surface area contributed by atoms with E-state index >= 15 is 0 Å². The Bertz CT molecular complexity index is 375. The Morgan fingerprint density at radius 3 is 2.53 bits per heavy atom. The first-order valence-electron chi connectivity index (χ1n) is 4.26. The Balaban J connectivity index is 2.85. The van der Waals surface area contributed by atoms with Gasteiger partial charge in [-0.2, -0.15) is 0 Å². The third-order valence-electron chi connectivity index (χ3n) is 1.56. The van der Waals surface area contributed by atoms with Crippen LogP contribution in [0.2, 0.25) is 0 Å². The third kappa shape index (κ3) is 3.30. The number of methoxy groups -OCH3 is 1. The summed E-state index contributed by atoms with van der Waals surface area (Å²) in [4.78, 5) is 21.7. The maximum absolute atomic E-state index is 10.9. The molecule has 0 fully saturated rings. The molecular weight excluding hydrogens is 198 g/mol. The summed E-state index contributed by atoms with van der Waals surface area (Å²) >= 11 is 0. The van der Waals surface area contributed by atoms with E-state index in [1.807, 2.05) is 0 Å². The predicted octanol–water partition coefficient (Wildman–Crippen LogP) is 1.79. The Morgan fingerprint density at radius 2 is 1.93 bits per heavy atom. The zero-order valence-corrected chi connectivity index (χ0v) is 8.44. The number of para-hydroxylation sites is 2. The van der Waals surface area contributed by atoms with Gasteiger partial charge < -0.3 is 9.47 Å². The fraction of sp³-hybridized carbons (Fsp3) is 0.200. The van der Waals surface area contributed by atoms with Crippen LogP contribution in [0.3, 0.4) is 0 Å². The molecule has 0 aliphatic rings. The molecule has 0 radical (unpaired) electrons. The third-order valence-corrected chi connectivity index (χ3v) is 1.56. The summed E-state index contributed by atoms with van der Waals surface area (Å²) in [6, 6.07) is 6.58. The van der Waals surface area contributed by atoms with Crippen molar-refractivity contribution < 1.29 is 19.1 Å². The van der Waals surface area contributed by atoms with Gasteiger partial charge in [-0.25, -0.2) is 4.79 Å². The number of ether oxygens (including phenoxy) is 2. The lowest BCUT2D eigenvalue weighted by atomic mass is 10.3. The molecule has 1 amide bonds. The first-order chi connectivity index (χ1) is 7.13. The lowest BCUT2D eigenvalue weighted by Gasteiger charge is -2.08. The van der Waals surface area contributed by atoms with Crippen LogP contribution in [0.15, 0.2) is 24.3 Å². The number of hydrogen-bond acceptors (Lipinski definition) is 4. The van der Waals surface area contributed by atoms with E-state index in [-0.39, 0.29) is 5.75 Å². The number of amides is 1. The summed E-state index contributed by atoms with van der Waals surface area (Å²) in [6.07, 6.45) is -0.616. The van der Waals surface area contributed by atoms with E-state index in [9.17, 15) is 9.59 Å². The van der Waals surface area contributed by atoms with E-state index < -0.39 is 12.1 Å². The van der Waals surface area contributed by atoms with Gasteiger partial charge in [0, 0.05) is 6.92 Å². The van der Waals surface area contributed by atoms with Crippen molar-refractivity contribution in [3.05, 3.63) is 24.3 Å². The lowest BCUT2D eigenvalue weighted by molar-refractivity contribution is -0.131. The minimum atomic E-state index is -0.616. The maximum Gasteiger partial charge on any atom is 0.411 e. The maximum atomic E-state index is 10.9. The zero-order chi connectivity index (χ0) is 11.3. The molecular formula is C10H11NO4. The molecule has 1 aromatic carbocycles. The van der Waals surface area contributed by atoms with Gasteiger partial charge in [0.25, 0.3) is 0 Å². The summed E-state index contributed by atoms with van der Waals surface area (Å²) in [5.41, 5.74) is 0.388. The highest BCUT2D eigenvalue weighted by molar-refractivity contribution is 5.87. The number of anilines is 1. The highest BCUT2D eigenvalue weighted by Crippen LogP contribution is 2.23. The molecule has 1 N–H and O–H groups in total. The molecule has 0 aliphatic carbocycles. The predicted molar refractivity (Wildman–Crippen MR) is 53.8 cm³/mol. The van der Waals surface area contributed by atoms with Gasteiger partial charge in [0.1, 0.15) is 0 Å². The molecule has 5 nitrogen and oxygen atoms in total. The summed E-state index contributed by atoms with van der Waals surface area (Å²) in [5, 5.41) is 2.43. The van der Waals surface area contributed by atoms with Crippen molar-refractivity contribution in [2.45, 2.75) is 6.92 Å². The van der Waals surface area contributed by atoms with Gasteiger partial charge in [0.2, 0.25) is 0 Å². The molecule has 0 aromatic heterocycles. The van der Waals surface area contributed by atoms with Crippen molar-refractivity contribution in [3.63, 3.8) is 0 Å². The molecule has 0 unspecified atom stereocenters. The molecule has 5 heteroatoms. The normalized spacial score (nSPS) is 9.20. The summed E-state index contributed by atoms with van der Waals surface area (Å²) in [7, 11) is 1.25. The first kappa shape index (κ1) is 11.0. The van der Waals surface area contributed by atoms with Crippen molar-refractivity contribution in [3.8, 4) is 5.75 Å². The van der Waals surface area contributed by atoms with Crippen LogP contribution in [-0.4, -0.2) is 19.2 Å². The number of hydrogen-bond donors (Lipinski definition) is 1. The van der Waals surface area contributed by atoms with Crippen LogP contribution < -0.4 is 10.1 Å². The van der Waals surface area contributed by atoms with Crippen molar-refractivity contribution in [1.82, 2.24) is 0 Å². The monoisotopic (exact) mass is 209 g/mol. The number of esters is 1. The SMILES string of the molecule is COC(=O)Nc1ccccc1OC(C)=O. The molecule has 15 heavy (non-hydrogen) atoms. The molecule has 80 valence electrons. The van der Waals surface area contributed by atoms with E-state index in [0.29, 0.717) is 5.69 Å². The second kappa shape index (κ2) is 4.99. The number of rotatable bonds is 2. The van der Waals surface area contributed by atoms with Gasteiger partial charge in [-0.15, -0.1) is 0 Å². The molecule has 0 heterocycles. The zero-order valence-electron chi connectivity index (χ0n) is 8.44. The van der Waals surface area contributed by atoms with Crippen LogP contribution in [0, 0.1) is 0 Å². The van der Waals surface area contributed by atoms with Crippen LogP contribution >= 0.6 is 0 Å². The molecule has 0 aliphatic heterocycles. The Hall–Kier alpha value is -2.04. The fourth-order valence-corrected chi connectivity index (χ4v) is 0.975. The van der Waals surface area contributed by atoms with Crippen LogP contribution in [0.1, 0.15) is 6.92 Å². The minimum Gasteiger partial charge on any atom is -0.453 e. The Labute approximate surface area is 87.0 Å². The van der Waals surface area contributed by atoms with E-state index in [2.05, 4.69) is 10.1 Å². The Kier molecular flexibility index (Phi) is 3.68. The molecule has 1 aromatic rings. The number of nitrogens with one attached hydrogen (secondary N) is 1. The second-order valence-electron chi connectivity index (χ2n) is 2.71. The van der Waals surface area contributed by atoms with Crippen LogP contribution in [0.25, 0.3) is 0 Å². The standard InChI is InChI=1S/C10H11NO4/c1-7(12)15-9-6-4-3-5-8(9)11-10(13)14-2/h3-6H,1-2H3,(H,11,13). The average molecular weight is 209 g/mol. The van der Waals surface area contributed by atoms with Gasteiger partial charge in [0.05, 0.1) is 12.8 Å². The van der Waals surface area contributed by atoms with E-state index in [1.165, 1.54) is 14.0 Å². The molecule has 1 rings (SSSR count). The largest absolute Gasteiger partial charge is 0.453 e. The lowest BCUT2D eigenvalue weighted by Crippen LogP contribution is -2.13. The van der Waals surface area contributed by atoms with Gasteiger partial charge in [-0.05, 0) is 12.1 Å². The van der Waals surface area contributed by atoms with Crippen LogP contribution in [0.5, 0.6) is 5.75 Å². The van der Waals surface area contributed by atoms with Gasteiger partial charge >= 0.3 is 12.1 Å². The number of carbonyl (C=O) groups excluding carboxylic acids is 2. The van der Waals surface area contributed by atoms with E-state index in [1.54, 1.807) is 24.3 Å².